The number of hydrogen-bond donors (Lipinski definition) is 4. The van der Waals surface area contributed by atoms with Crippen molar-refractivity contribution in [2.45, 2.75) is 50.9 Å². The predicted octanol–water partition coefficient (Wildman–Crippen LogP) is 3.25. The van der Waals surface area contributed by atoms with Gasteiger partial charge in [-0.2, -0.15) is 13.1 Å². The molecule has 0 saturated carbocycles. The lowest BCUT2D eigenvalue weighted by atomic mass is 9.94. The van der Waals surface area contributed by atoms with Gasteiger partial charge in [-0.25, -0.2) is 0 Å². The van der Waals surface area contributed by atoms with Crippen molar-refractivity contribution in [1.82, 2.24) is 19.9 Å². The summed E-state index contributed by atoms with van der Waals surface area (Å²) in [5.74, 6) is 0. The monoisotopic (exact) mass is 523 g/mol. The first-order valence-electron chi connectivity index (χ1n) is 12.7. The molecule has 4 rings (SSSR count). The Bertz CT molecular complexity index is 1220. The van der Waals surface area contributed by atoms with Crippen LogP contribution in [-0.4, -0.2) is 54.6 Å². The van der Waals surface area contributed by atoms with Gasteiger partial charge in [0.25, 0.3) is 10.2 Å². The molecule has 1 aromatic heterocycles. The van der Waals surface area contributed by atoms with Gasteiger partial charge in [0.1, 0.15) is 0 Å². The van der Waals surface area contributed by atoms with Gasteiger partial charge in [-0.05, 0) is 56.0 Å². The van der Waals surface area contributed by atoms with Crippen molar-refractivity contribution < 1.29 is 13.5 Å². The molecule has 2 unspecified atom stereocenters. The van der Waals surface area contributed by atoms with Crippen LogP contribution in [0.2, 0.25) is 0 Å². The van der Waals surface area contributed by atoms with Gasteiger partial charge in [-0.15, -0.1) is 0 Å². The van der Waals surface area contributed by atoms with Crippen LogP contribution in [0.1, 0.15) is 43.1 Å². The number of nitrogens with one attached hydrogen (secondary N) is 3. The molecule has 2 aromatic carbocycles. The van der Waals surface area contributed by atoms with Gasteiger partial charge in [0.2, 0.25) is 0 Å². The summed E-state index contributed by atoms with van der Waals surface area (Å²) in [6.45, 7) is 6.93. The second kappa shape index (κ2) is 12.1. The summed E-state index contributed by atoms with van der Waals surface area (Å²) in [5, 5.41) is 13.8. The van der Waals surface area contributed by atoms with Crippen molar-refractivity contribution in [1.29, 1.82) is 0 Å². The molecule has 4 N–H and O–H groups in total. The minimum atomic E-state index is -3.68. The molecule has 9 heteroatoms. The van der Waals surface area contributed by atoms with Gasteiger partial charge >= 0.3 is 0 Å². The number of aliphatic hydroxyl groups is 1. The molecular weight excluding hydrogens is 486 g/mol. The van der Waals surface area contributed by atoms with Crippen LogP contribution in [0.3, 0.4) is 0 Å². The number of anilines is 1. The Balaban J connectivity index is 1.24. The number of β-amino-alcohol motifs (C(OH)–C–C–N with tert-alkyl or cyclic N) is 1. The van der Waals surface area contributed by atoms with E-state index in [1.165, 1.54) is 5.56 Å². The van der Waals surface area contributed by atoms with Crippen LogP contribution in [0.5, 0.6) is 0 Å². The van der Waals surface area contributed by atoms with E-state index < -0.39 is 16.3 Å². The second-order valence-electron chi connectivity index (χ2n) is 10.4. The summed E-state index contributed by atoms with van der Waals surface area (Å²) in [7, 11) is -3.68. The molecule has 0 bridgehead atoms. The van der Waals surface area contributed by atoms with Crippen LogP contribution in [0, 0.1) is 0 Å². The third-order valence-corrected chi connectivity index (χ3v) is 7.69. The number of nitrogens with zero attached hydrogens (tertiary/aromatic N) is 2. The van der Waals surface area contributed by atoms with E-state index in [2.05, 4.69) is 50.6 Å². The maximum atomic E-state index is 12.7. The Labute approximate surface area is 220 Å². The first-order chi connectivity index (χ1) is 17.7. The summed E-state index contributed by atoms with van der Waals surface area (Å²) >= 11 is 0. The van der Waals surface area contributed by atoms with Crippen LogP contribution in [0.4, 0.5) is 5.69 Å². The van der Waals surface area contributed by atoms with E-state index in [1.54, 1.807) is 24.5 Å². The molecule has 37 heavy (non-hydrogen) atoms. The molecule has 0 aliphatic carbocycles. The zero-order valence-electron chi connectivity index (χ0n) is 21.5. The molecular formula is C28H37N5O3S. The fraction of sp³-hybridized carbons (Fsp3) is 0.393. The molecule has 1 aliphatic heterocycles. The zero-order valence-corrected chi connectivity index (χ0v) is 22.3. The van der Waals surface area contributed by atoms with Crippen molar-refractivity contribution in [2.24, 2.45) is 0 Å². The van der Waals surface area contributed by atoms with E-state index in [9.17, 15) is 13.5 Å². The smallest absolute Gasteiger partial charge is 0.299 e. The largest absolute Gasteiger partial charge is 0.387 e. The van der Waals surface area contributed by atoms with Gasteiger partial charge in [0, 0.05) is 61.4 Å². The van der Waals surface area contributed by atoms with Crippen LogP contribution >= 0.6 is 0 Å². The molecule has 2 heterocycles. The minimum Gasteiger partial charge on any atom is -0.387 e. The number of pyridine rings is 1. The second-order valence-corrected chi connectivity index (χ2v) is 11.8. The summed E-state index contributed by atoms with van der Waals surface area (Å²) in [4.78, 5) is 6.32. The third-order valence-electron chi connectivity index (χ3n) is 6.54. The van der Waals surface area contributed by atoms with E-state index in [1.807, 2.05) is 42.5 Å². The summed E-state index contributed by atoms with van der Waals surface area (Å²) in [6, 6.07) is 21.2. The molecule has 1 aliphatic rings. The Kier molecular flexibility index (Phi) is 8.94. The number of benzene rings is 2. The standard InChI is InChI=1S/C28H37N5O3S/c1-28(2,30-19-27(34)24-9-6-15-29-18-24)17-22-10-12-25(13-11-22)31-37(35,36)32-26-14-16-33(21-26)20-23-7-4-3-5-8-23/h3-13,15,18,26-27,30-32,34H,14,16-17,19-21H2,1-2H3. The number of rotatable bonds is 12. The Morgan fingerprint density at radius 1 is 1.05 bits per heavy atom. The Hall–Kier alpha value is -2.82. The normalized spacial score (nSPS) is 17.5. The number of likely N-dealkylation sites (tertiary alicyclic amines) is 1. The molecule has 8 nitrogen and oxygen atoms in total. The summed E-state index contributed by atoms with van der Waals surface area (Å²) < 4.78 is 30.9. The first kappa shape index (κ1) is 27.2. The van der Waals surface area contributed by atoms with Gasteiger partial charge in [-0.3, -0.25) is 14.6 Å². The van der Waals surface area contributed by atoms with Crippen LogP contribution in [-0.2, 0) is 23.2 Å². The van der Waals surface area contributed by atoms with Gasteiger partial charge in [-0.1, -0.05) is 48.5 Å². The van der Waals surface area contributed by atoms with Gasteiger partial charge in [0.15, 0.2) is 0 Å². The molecule has 1 fully saturated rings. The van der Waals surface area contributed by atoms with Crippen LogP contribution < -0.4 is 14.8 Å². The SMILES string of the molecule is CC(C)(Cc1ccc(NS(=O)(=O)NC2CCN(Cc3ccccc3)C2)cc1)NCC(O)c1cccnc1. The van der Waals surface area contributed by atoms with E-state index >= 15 is 0 Å². The van der Waals surface area contributed by atoms with Crippen molar-refractivity contribution in [3.05, 3.63) is 95.8 Å². The average molecular weight is 524 g/mol. The summed E-state index contributed by atoms with van der Waals surface area (Å²) in [6.07, 6.45) is 4.22. The van der Waals surface area contributed by atoms with E-state index in [0.29, 0.717) is 18.8 Å². The topological polar surface area (TPSA) is 107 Å². The molecule has 1 saturated heterocycles. The molecule has 0 spiro atoms. The highest BCUT2D eigenvalue weighted by Gasteiger charge is 2.26. The van der Waals surface area contributed by atoms with Crippen LogP contribution in [0.25, 0.3) is 0 Å². The highest BCUT2D eigenvalue weighted by atomic mass is 32.2. The lowest BCUT2D eigenvalue weighted by Gasteiger charge is -2.28. The Morgan fingerprint density at radius 2 is 1.81 bits per heavy atom. The lowest BCUT2D eigenvalue weighted by Crippen LogP contribution is -2.43. The number of hydrogen-bond acceptors (Lipinski definition) is 6. The average Bonchev–Trinajstić information content (AvgIpc) is 3.30. The maximum absolute atomic E-state index is 12.7. The van der Waals surface area contributed by atoms with Gasteiger partial charge < -0.3 is 10.4 Å². The van der Waals surface area contributed by atoms with Crippen molar-refractivity contribution in [3.8, 4) is 0 Å². The highest BCUT2D eigenvalue weighted by Crippen LogP contribution is 2.19. The maximum Gasteiger partial charge on any atom is 0.299 e. The Morgan fingerprint density at radius 3 is 2.51 bits per heavy atom. The first-order valence-corrected chi connectivity index (χ1v) is 14.1. The predicted molar refractivity (Wildman–Crippen MR) is 147 cm³/mol. The molecule has 0 amide bonds. The molecule has 198 valence electrons. The van der Waals surface area contributed by atoms with Crippen molar-refractivity contribution in [2.75, 3.05) is 24.4 Å². The highest BCUT2D eigenvalue weighted by molar-refractivity contribution is 7.90. The van der Waals surface area contributed by atoms with Crippen molar-refractivity contribution >= 4 is 15.9 Å². The minimum absolute atomic E-state index is 0.116. The fourth-order valence-electron chi connectivity index (χ4n) is 4.65. The summed E-state index contributed by atoms with van der Waals surface area (Å²) in [5.41, 5.74) is 3.33. The quantitative estimate of drug-likeness (QED) is 0.290. The zero-order chi connectivity index (χ0) is 26.3. The van der Waals surface area contributed by atoms with E-state index in [4.69, 9.17) is 0 Å². The number of aliphatic hydroxyl groups excluding tert-OH is 1. The van der Waals surface area contributed by atoms with Crippen LogP contribution in [0.15, 0.2) is 79.1 Å². The van der Waals surface area contributed by atoms with Crippen molar-refractivity contribution in [3.63, 3.8) is 0 Å². The van der Waals surface area contributed by atoms with E-state index in [-0.39, 0.29) is 11.6 Å². The molecule has 2 atom stereocenters. The van der Waals surface area contributed by atoms with Gasteiger partial charge in [0.05, 0.1) is 6.10 Å². The lowest BCUT2D eigenvalue weighted by molar-refractivity contribution is 0.160. The third kappa shape index (κ3) is 8.62. The fourth-order valence-corrected chi connectivity index (χ4v) is 5.78. The number of aromatic nitrogens is 1. The van der Waals surface area contributed by atoms with E-state index in [0.717, 1.165) is 37.1 Å². The molecule has 0 radical (unpaired) electrons. The molecule has 3 aromatic rings.